The van der Waals surface area contributed by atoms with E-state index in [0.29, 0.717) is 6.07 Å². The van der Waals surface area contributed by atoms with Crippen molar-refractivity contribution in [3.63, 3.8) is 0 Å². The Bertz CT molecular complexity index is 547. The fourth-order valence-electron chi connectivity index (χ4n) is 1.71. The number of halogens is 3. The summed E-state index contributed by atoms with van der Waals surface area (Å²) in [5.74, 6) is -0.646. The van der Waals surface area contributed by atoms with Crippen LogP contribution in [0.15, 0.2) is 12.1 Å². The van der Waals surface area contributed by atoms with Crippen molar-refractivity contribution >= 4 is 5.97 Å². The van der Waals surface area contributed by atoms with Gasteiger partial charge in [0.15, 0.2) is 0 Å². The van der Waals surface area contributed by atoms with Gasteiger partial charge in [0.2, 0.25) is 0 Å². The van der Waals surface area contributed by atoms with Crippen molar-refractivity contribution in [1.29, 1.82) is 5.26 Å². The predicted molar refractivity (Wildman–Crippen MR) is 62.4 cm³/mol. The van der Waals surface area contributed by atoms with Gasteiger partial charge < -0.3 is 9.84 Å². The largest absolute Gasteiger partial charge is 0.466 e. The van der Waals surface area contributed by atoms with Crippen LogP contribution in [0, 0.1) is 11.3 Å². The number of rotatable bonds is 4. The number of esters is 1. The topological polar surface area (TPSA) is 70.3 Å². The lowest BCUT2D eigenvalue weighted by atomic mass is 9.97. The van der Waals surface area contributed by atoms with Crippen LogP contribution in [0.5, 0.6) is 0 Å². The van der Waals surface area contributed by atoms with Gasteiger partial charge in [-0.3, -0.25) is 4.79 Å². The molecule has 0 bridgehead atoms. The molecule has 7 heteroatoms. The van der Waals surface area contributed by atoms with Crippen LogP contribution in [0.4, 0.5) is 13.2 Å². The molecule has 20 heavy (non-hydrogen) atoms. The second-order valence-electron chi connectivity index (χ2n) is 3.92. The maximum atomic E-state index is 12.8. The number of aliphatic hydroxyl groups excluding tert-OH is 1. The van der Waals surface area contributed by atoms with Gasteiger partial charge in [0.05, 0.1) is 36.8 Å². The molecule has 0 saturated heterocycles. The van der Waals surface area contributed by atoms with Gasteiger partial charge in [-0.05, 0) is 24.1 Å². The number of carbonyl (C=O) groups excluding carboxylic acids is 1. The number of nitriles is 1. The van der Waals surface area contributed by atoms with Crippen molar-refractivity contribution in [3.8, 4) is 6.07 Å². The second kappa shape index (κ2) is 6.39. The van der Waals surface area contributed by atoms with Crippen LogP contribution in [0.3, 0.4) is 0 Å². The minimum Gasteiger partial charge on any atom is -0.466 e. The summed E-state index contributed by atoms with van der Waals surface area (Å²) in [5.41, 5.74) is -1.62. The van der Waals surface area contributed by atoms with Crippen LogP contribution < -0.4 is 0 Å². The third kappa shape index (κ3) is 3.71. The van der Waals surface area contributed by atoms with Crippen molar-refractivity contribution in [2.45, 2.75) is 26.1 Å². The Labute approximate surface area is 113 Å². The number of hydrogen-bond donors (Lipinski definition) is 1. The average molecular weight is 287 g/mol. The second-order valence-corrected chi connectivity index (χ2v) is 3.92. The molecule has 1 rings (SSSR count). The van der Waals surface area contributed by atoms with E-state index in [2.05, 4.69) is 4.74 Å². The van der Waals surface area contributed by atoms with Crippen LogP contribution in [0.2, 0.25) is 0 Å². The monoisotopic (exact) mass is 287 g/mol. The van der Waals surface area contributed by atoms with Gasteiger partial charge in [-0.25, -0.2) is 0 Å². The number of alkyl halides is 3. The molecule has 0 aliphatic rings. The van der Waals surface area contributed by atoms with Crippen LogP contribution in [-0.4, -0.2) is 17.7 Å². The summed E-state index contributed by atoms with van der Waals surface area (Å²) in [6, 6.07) is 3.27. The van der Waals surface area contributed by atoms with E-state index in [1.54, 1.807) is 13.0 Å². The fourth-order valence-corrected chi connectivity index (χ4v) is 1.71. The average Bonchev–Trinajstić information content (AvgIpc) is 2.37. The van der Waals surface area contributed by atoms with E-state index in [1.165, 1.54) is 0 Å². The van der Waals surface area contributed by atoms with Crippen LogP contribution in [0.25, 0.3) is 0 Å². The van der Waals surface area contributed by atoms with E-state index in [0.717, 1.165) is 6.07 Å². The number of hydrogen-bond acceptors (Lipinski definition) is 4. The van der Waals surface area contributed by atoms with E-state index in [-0.39, 0.29) is 29.7 Å². The summed E-state index contributed by atoms with van der Waals surface area (Å²) in [6.45, 7) is 0.888. The molecule has 0 unspecified atom stereocenters. The lowest BCUT2D eigenvalue weighted by Gasteiger charge is -2.14. The highest BCUT2D eigenvalue weighted by atomic mass is 19.4. The number of aliphatic hydroxyl groups is 1. The molecule has 0 aliphatic carbocycles. The first-order valence-electron chi connectivity index (χ1n) is 5.73. The van der Waals surface area contributed by atoms with E-state index >= 15 is 0 Å². The van der Waals surface area contributed by atoms with Crippen LogP contribution >= 0.6 is 0 Å². The standard InChI is InChI=1S/C13H12F3NO3/c1-2-20-12(19)5-8-3-10(7-18)11(13(14,15)16)4-9(8)6-17/h3-4,18H,2,5,7H2,1H3. The van der Waals surface area contributed by atoms with Gasteiger partial charge in [0.25, 0.3) is 0 Å². The summed E-state index contributed by atoms with van der Waals surface area (Å²) >= 11 is 0. The molecule has 0 saturated carbocycles. The molecule has 0 fully saturated rings. The predicted octanol–water partition coefficient (Wildman–Crippen LogP) is 2.17. The smallest absolute Gasteiger partial charge is 0.416 e. The first-order valence-corrected chi connectivity index (χ1v) is 5.73. The first-order chi connectivity index (χ1) is 9.33. The zero-order chi connectivity index (χ0) is 15.3. The minimum absolute atomic E-state index is 0.100. The van der Waals surface area contributed by atoms with E-state index in [4.69, 9.17) is 10.4 Å². The van der Waals surface area contributed by atoms with Crippen molar-refractivity contribution in [2.75, 3.05) is 6.61 Å². The quantitative estimate of drug-likeness (QED) is 0.862. The molecule has 0 atom stereocenters. The Balaban J connectivity index is 3.27. The molecule has 0 heterocycles. The van der Waals surface area contributed by atoms with Gasteiger partial charge in [0, 0.05) is 0 Å². The first kappa shape index (κ1) is 16.0. The van der Waals surface area contributed by atoms with E-state index in [1.807, 2.05) is 0 Å². The highest BCUT2D eigenvalue weighted by Gasteiger charge is 2.34. The molecule has 1 N–H and O–H groups in total. The molecule has 108 valence electrons. The normalized spacial score (nSPS) is 11.0. The van der Waals surface area contributed by atoms with Gasteiger partial charge in [-0.2, -0.15) is 18.4 Å². The molecule has 0 spiro atoms. The minimum atomic E-state index is -4.67. The molecular formula is C13H12F3NO3. The maximum absolute atomic E-state index is 12.8. The highest BCUT2D eigenvalue weighted by molar-refractivity contribution is 5.73. The molecule has 1 aromatic rings. The molecule has 0 amide bonds. The van der Waals surface area contributed by atoms with E-state index < -0.39 is 24.3 Å². The van der Waals surface area contributed by atoms with Crippen LogP contribution in [0.1, 0.15) is 29.2 Å². The molecule has 0 aliphatic heterocycles. The number of nitrogens with zero attached hydrogens (tertiary/aromatic N) is 1. The Hall–Kier alpha value is -2.07. The molecule has 0 aromatic heterocycles. The fraction of sp³-hybridized carbons (Fsp3) is 0.385. The highest BCUT2D eigenvalue weighted by Crippen LogP contribution is 2.34. The van der Waals surface area contributed by atoms with E-state index in [9.17, 15) is 18.0 Å². The number of ether oxygens (including phenoxy) is 1. The Morgan fingerprint density at radius 2 is 2.05 bits per heavy atom. The summed E-state index contributed by atoms with van der Waals surface area (Å²) in [6.07, 6.45) is -4.99. The molecular weight excluding hydrogens is 275 g/mol. The number of benzene rings is 1. The Morgan fingerprint density at radius 3 is 2.50 bits per heavy atom. The molecule has 4 nitrogen and oxygen atoms in total. The third-order valence-electron chi connectivity index (χ3n) is 2.57. The van der Waals surface area contributed by atoms with Gasteiger partial charge >= 0.3 is 12.1 Å². The Kier molecular flexibility index (Phi) is 5.11. The zero-order valence-corrected chi connectivity index (χ0v) is 10.6. The van der Waals surface area contributed by atoms with Crippen molar-refractivity contribution in [3.05, 3.63) is 34.4 Å². The summed E-state index contributed by atoms with van der Waals surface area (Å²) in [7, 11) is 0. The lowest BCUT2D eigenvalue weighted by Crippen LogP contribution is -2.13. The zero-order valence-electron chi connectivity index (χ0n) is 10.6. The SMILES string of the molecule is CCOC(=O)Cc1cc(CO)c(C(F)(F)F)cc1C#N. The molecule has 0 radical (unpaired) electrons. The summed E-state index contributed by atoms with van der Waals surface area (Å²) in [5, 5.41) is 17.9. The van der Waals surface area contributed by atoms with Gasteiger partial charge in [0.1, 0.15) is 0 Å². The molecule has 1 aromatic carbocycles. The van der Waals surface area contributed by atoms with Crippen molar-refractivity contribution in [2.24, 2.45) is 0 Å². The summed E-state index contributed by atoms with van der Waals surface area (Å²) < 4.78 is 42.9. The number of carbonyl (C=O) groups is 1. The lowest BCUT2D eigenvalue weighted by molar-refractivity contribution is -0.142. The van der Waals surface area contributed by atoms with Crippen molar-refractivity contribution < 1.29 is 27.8 Å². The maximum Gasteiger partial charge on any atom is 0.416 e. The Morgan fingerprint density at radius 1 is 1.40 bits per heavy atom. The van der Waals surface area contributed by atoms with Gasteiger partial charge in [-0.1, -0.05) is 6.07 Å². The van der Waals surface area contributed by atoms with Gasteiger partial charge in [-0.15, -0.1) is 0 Å². The van der Waals surface area contributed by atoms with Crippen molar-refractivity contribution in [1.82, 2.24) is 0 Å². The third-order valence-corrected chi connectivity index (χ3v) is 2.57. The van der Waals surface area contributed by atoms with Crippen LogP contribution in [-0.2, 0) is 28.7 Å². The summed E-state index contributed by atoms with van der Waals surface area (Å²) in [4.78, 5) is 11.3.